The fraction of sp³-hybridized carbons (Fsp3) is 0.222. The van der Waals surface area contributed by atoms with Crippen molar-refractivity contribution in [3.8, 4) is 16.9 Å². The molecule has 0 bridgehead atoms. The summed E-state index contributed by atoms with van der Waals surface area (Å²) in [5.41, 5.74) is 4.37. The van der Waals surface area contributed by atoms with Gasteiger partial charge in [-0.05, 0) is 55.2 Å². The van der Waals surface area contributed by atoms with Gasteiger partial charge in [0, 0.05) is 0 Å². The Morgan fingerprint density at radius 2 is 1.30 bits per heavy atom. The van der Waals surface area contributed by atoms with Crippen LogP contribution in [0.1, 0.15) is 37.8 Å². The van der Waals surface area contributed by atoms with E-state index in [0.29, 0.717) is 5.57 Å². The predicted octanol–water partition coefficient (Wildman–Crippen LogP) is 6.25. The molecule has 0 fully saturated rings. The van der Waals surface area contributed by atoms with E-state index in [9.17, 15) is 4.79 Å². The summed E-state index contributed by atoms with van der Waals surface area (Å²) in [6, 6.07) is 26.0. The average molecular weight is 399 g/mol. The van der Waals surface area contributed by atoms with E-state index in [4.69, 9.17) is 9.47 Å². The maximum absolute atomic E-state index is 13.2. The first-order valence-corrected chi connectivity index (χ1v) is 10.1. The Morgan fingerprint density at radius 1 is 0.733 bits per heavy atom. The smallest absolute Gasteiger partial charge is 0.181 e. The molecule has 152 valence electrons. The molecule has 3 nitrogen and oxygen atoms in total. The minimum absolute atomic E-state index is 0.0897. The Labute approximate surface area is 178 Å². The van der Waals surface area contributed by atoms with Gasteiger partial charge < -0.3 is 9.47 Å². The van der Waals surface area contributed by atoms with Crippen LogP contribution in [0.4, 0.5) is 0 Å². The fourth-order valence-corrected chi connectivity index (χ4v) is 3.73. The molecule has 0 N–H and O–H groups in total. The first-order valence-electron chi connectivity index (χ1n) is 10.1. The van der Waals surface area contributed by atoms with Crippen molar-refractivity contribution in [3.63, 3.8) is 0 Å². The van der Waals surface area contributed by atoms with E-state index >= 15 is 0 Å². The van der Waals surface area contributed by atoms with Crippen molar-refractivity contribution >= 4 is 11.4 Å². The molecule has 0 aromatic heterocycles. The topological polar surface area (TPSA) is 35.5 Å². The van der Waals surface area contributed by atoms with E-state index in [1.807, 2.05) is 75.4 Å². The maximum atomic E-state index is 13.2. The van der Waals surface area contributed by atoms with Crippen LogP contribution in [-0.2, 0) is 9.53 Å². The number of rotatable bonds is 5. The molecule has 30 heavy (non-hydrogen) atoms. The normalized spacial score (nSPS) is 16.3. The van der Waals surface area contributed by atoms with Crippen molar-refractivity contribution in [2.75, 3.05) is 7.11 Å². The number of Topliss-reactive ketones (excluding diaryl/α,β-unsaturated/α-hetero) is 1. The first kappa shape index (κ1) is 20.0. The molecule has 4 rings (SSSR count). The van der Waals surface area contributed by atoms with Gasteiger partial charge in [-0.15, -0.1) is 0 Å². The Balaban J connectivity index is 1.71. The SMILES string of the molecule is COc1ccc(C2C(=O)C(c3ccc(-c4ccccc4)cc3)=C2OC(C)(C)C)cc1. The molecule has 0 radical (unpaired) electrons. The van der Waals surface area contributed by atoms with E-state index in [1.165, 1.54) is 0 Å². The van der Waals surface area contributed by atoms with Gasteiger partial charge in [-0.2, -0.15) is 0 Å². The summed E-state index contributed by atoms with van der Waals surface area (Å²) in [4.78, 5) is 13.2. The van der Waals surface area contributed by atoms with Crippen LogP contribution in [0.3, 0.4) is 0 Å². The number of allylic oxidation sites excluding steroid dienone is 2. The van der Waals surface area contributed by atoms with Gasteiger partial charge in [-0.1, -0.05) is 66.7 Å². The minimum atomic E-state index is -0.393. The highest BCUT2D eigenvalue weighted by Gasteiger charge is 2.44. The van der Waals surface area contributed by atoms with E-state index in [2.05, 4.69) is 24.3 Å². The highest BCUT2D eigenvalue weighted by molar-refractivity contribution is 6.32. The second kappa shape index (κ2) is 7.83. The third kappa shape index (κ3) is 3.88. The molecular weight excluding hydrogens is 372 g/mol. The number of carbonyl (C=O) groups excluding carboxylic acids is 1. The lowest BCUT2D eigenvalue weighted by Crippen LogP contribution is -2.34. The second-order valence-electron chi connectivity index (χ2n) is 8.47. The number of ketones is 1. The molecule has 0 heterocycles. The molecule has 0 amide bonds. The third-order valence-electron chi connectivity index (χ3n) is 5.16. The summed E-state index contributed by atoms with van der Waals surface area (Å²) >= 11 is 0. The highest BCUT2D eigenvalue weighted by atomic mass is 16.5. The molecule has 1 unspecified atom stereocenters. The first-order chi connectivity index (χ1) is 14.4. The zero-order valence-electron chi connectivity index (χ0n) is 17.8. The quantitative estimate of drug-likeness (QED) is 0.509. The zero-order chi connectivity index (χ0) is 21.3. The van der Waals surface area contributed by atoms with E-state index < -0.39 is 5.60 Å². The zero-order valence-corrected chi connectivity index (χ0v) is 17.8. The van der Waals surface area contributed by atoms with Crippen molar-refractivity contribution in [1.82, 2.24) is 0 Å². The Kier molecular flexibility index (Phi) is 5.21. The van der Waals surface area contributed by atoms with Crippen LogP contribution in [0.5, 0.6) is 5.75 Å². The summed E-state index contributed by atoms with van der Waals surface area (Å²) in [5, 5.41) is 0. The van der Waals surface area contributed by atoms with Crippen molar-refractivity contribution in [2.24, 2.45) is 0 Å². The van der Waals surface area contributed by atoms with Gasteiger partial charge in [0.1, 0.15) is 23.0 Å². The summed E-state index contributed by atoms with van der Waals surface area (Å²) in [6.45, 7) is 6.01. The monoisotopic (exact) mass is 398 g/mol. The van der Waals surface area contributed by atoms with Crippen molar-refractivity contribution < 1.29 is 14.3 Å². The van der Waals surface area contributed by atoms with Gasteiger partial charge in [0.05, 0.1) is 12.7 Å². The molecule has 1 aliphatic rings. The lowest BCUT2D eigenvalue weighted by atomic mass is 9.74. The van der Waals surface area contributed by atoms with Crippen molar-refractivity contribution in [3.05, 3.63) is 95.7 Å². The van der Waals surface area contributed by atoms with Crippen molar-refractivity contribution in [2.45, 2.75) is 32.3 Å². The maximum Gasteiger partial charge on any atom is 0.181 e. The van der Waals surface area contributed by atoms with Crippen LogP contribution in [0, 0.1) is 0 Å². The molecule has 1 atom stereocenters. The Bertz CT molecular complexity index is 1070. The van der Waals surface area contributed by atoms with Crippen LogP contribution in [0.2, 0.25) is 0 Å². The molecule has 3 aromatic rings. The van der Waals surface area contributed by atoms with Gasteiger partial charge in [-0.25, -0.2) is 0 Å². The summed E-state index contributed by atoms with van der Waals surface area (Å²) in [5.74, 6) is 1.22. The van der Waals surface area contributed by atoms with Gasteiger partial charge in [0.15, 0.2) is 5.78 Å². The van der Waals surface area contributed by atoms with E-state index in [-0.39, 0.29) is 11.7 Å². The lowest BCUT2D eigenvalue weighted by Gasteiger charge is -2.36. The number of methoxy groups -OCH3 is 1. The molecule has 1 aliphatic carbocycles. The largest absolute Gasteiger partial charge is 0.497 e. The second-order valence-corrected chi connectivity index (χ2v) is 8.47. The standard InChI is InChI=1S/C27H26O3/c1-27(2,3)30-26-23(25(28)24(26)21-14-16-22(29-4)17-15-21)20-12-10-19(11-13-20)18-8-6-5-7-9-18/h5-17,24H,1-4H3. The molecule has 3 heteroatoms. The molecule has 0 saturated heterocycles. The predicted molar refractivity (Wildman–Crippen MR) is 120 cm³/mol. The number of hydrogen-bond donors (Lipinski definition) is 0. The molecule has 0 spiro atoms. The number of carbonyl (C=O) groups is 1. The van der Waals surface area contributed by atoms with Crippen LogP contribution in [-0.4, -0.2) is 18.5 Å². The Hall–Kier alpha value is -3.33. The van der Waals surface area contributed by atoms with Gasteiger partial charge in [0.25, 0.3) is 0 Å². The molecule has 0 saturated carbocycles. The van der Waals surface area contributed by atoms with Gasteiger partial charge in [-0.3, -0.25) is 4.79 Å². The van der Waals surface area contributed by atoms with E-state index in [0.717, 1.165) is 33.8 Å². The lowest BCUT2D eigenvalue weighted by molar-refractivity contribution is -0.118. The summed E-state index contributed by atoms with van der Waals surface area (Å²) in [7, 11) is 1.63. The summed E-state index contributed by atoms with van der Waals surface area (Å²) in [6.07, 6.45) is 0. The van der Waals surface area contributed by atoms with Crippen molar-refractivity contribution in [1.29, 1.82) is 0 Å². The number of hydrogen-bond acceptors (Lipinski definition) is 3. The average Bonchev–Trinajstić information content (AvgIpc) is 2.74. The molecular formula is C27H26O3. The molecule has 3 aromatic carbocycles. The van der Waals surface area contributed by atoms with Crippen LogP contribution in [0.15, 0.2) is 84.6 Å². The number of ether oxygens (including phenoxy) is 2. The van der Waals surface area contributed by atoms with Crippen LogP contribution >= 0.6 is 0 Å². The minimum Gasteiger partial charge on any atom is -0.497 e. The van der Waals surface area contributed by atoms with E-state index in [1.54, 1.807) is 7.11 Å². The highest BCUT2D eigenvalue weighted by Crippen LogP contribution is 2.46. The summed E-state index contributed by atoms with van der Waals surface area (Å²) < 4.78 is 11.5. The third-order valence-corrected chi connectivity index (χ3v) is 5.16. The Morgan fingerprint density at radius 3 is 1.87 bits per heavy atom. The van der Waals surface area contributed by atoms with Crippen LogP contribution < -0.4 is 4.74 Å². The number of benzene rings is 3. The van der Waals surface area contributed by atoms with Gasteiger partial charge in [0.2, 0.25) is 0 Å². The van der Waals surface area contributed by atoms with Crippen LogP contribution in [0.25, 0.3) is 16.7 Å². The molecule has 0 aliphatic heterocycles. The fourth-order valence-electron chi connectivity index (χ4n) is 3.73. The van der Waals surface area contributed by atoms with Gasteiger partial charge >= 0.3 is 0 Å².